The van der Waals surface area contributed by atoms with Gasteiger partial charge in [0.15, 0.2) is 0 Å². The molecular weight excluding hydrogens is 302 g/mol. The lowest BCUT2D eigenvalue weighted by atomic mass is 9.99. The van der Waals surface area contributed by atoms with Crippen LogP contribution in [0.5, 0.6) is 0 Å². The molecule has 0 aliphatic carbocycles. The van der Waals surface area contributed by atoms with Gasteiger partial charge in [0.1, 0.15) is 0 Å². The molecule has 2 rings (SSSR count). The van der Waals surface area contributed by atoms with Crippen LogP contribution in [0.25, 0.3) is 0 Å². The summed E-state index contributed by atoms with van der Waals surface area (Å²) in [5, 5.41) is 0. The summed E-state index contributed by atoms with van der Waals surface area (Å²) in [5.41, 5.74) is 7.33. The molecule has 0 spiro atoms. The first-order valence-electron chi connectivity index (χ1n) is 6.98. The maximum absolute atomic E-state index is 6.01. The van der Waals surface area contributed by atoms with Crippen molar-refractivity contribution < 1.29 is 0 Å². The predicted molar refractivity (Wildman–Crippen MR) is 84.2 cm³/mol. The van der Waals surface area contributed by atoms with Gasteiger partial charge in [-0.3, -0.25) is 4.90 Å². The molecule has 1 aromatic carbocycles. The summed E-state index contributed by atoms with van der Waals surface area (Å²) in [7, 11) is 4.42. The zero-order valence-corrected chi connectivity index (χ0v) is 13.4. The molecule has 1 aliphatic rings. The predicted octanol–water partition coefficient (Wildman–Crippen LogP) is 2.47. The largest absolute Gasteiger partial charge is 0.329 e. The molecule has 3 nitrogen and oxygen atoms in total. The van der Waals surface area contributed by atoms with E-state index in [0.29, 0.717) is 18.6 Å². The van der Waals surface area contributed by atoms with E-state index < -0.39 is 0 Å². The van der Waals surface area contributed by atoms with Crippen LogP contribution in [0.2, 0.25) is 0 Å². The summed E-state index contributed by atoms with van der Waals surface area (Å²) in [6.45, 7) is 3.05. The number of nitrogens with two attached hydrogens (primary N) is 1. The molecule has 0 radical (unpaired) electrons. The SMILES string of the molecule is CN1CCC(N(C)C(CN)c2ccc(Br)cc2)CC1. The molecule has 1 heterocycles. The number of piperidine rings is 1. The first-order valence-corrected chi connectivity index (χ1v) is 7.77. The minimum Gasteiger partial charge on any atom is -0.329 e. The maximum Gasteiger partial charge on any atom is 0.0470 e. The lowest BCUT2D eigenvalue weighted by Gasteiger charge is -2.39. The Labute approximate surface area is 124 Å². The Morgan fingerprint density at radius 2 is 1.89 bits per heavy atom. The van der Waals surface area contributed by atoms with Gasteiger partial charge in [0, 0.05) is 23.1 Å². The molecule has 1 atom stereocenters. The smallest absolute Gasteiger partial charge is 0.0470 e. The minimum absolute atomic E-state index is 0.321. The van der Waals surface area contributed by atoms with E-state index in [-0.39, 0.29) is 0 Å². The number of rotatable bonds is 4. The Morgan fingerprint density at radius 3 is 2.42 bits per heavy atom. The fourth-order valence-electron chi connectivity index (χ4n) is 2.88. The van der Waals surface area contributed by atoms with Gasteiger partial charge in [-0.05, 0) is 57.7 Å². The number of nitrogens with zero attached hydrogens (tertiary/aromatic N) is 2. The van der Waals surface area contributed by atoms with Gasteiger partial charge in [-0.2, -0.15) is 0 Å². The fourth-order valence-corrected chi connectivity index (χ4v) is 3.14. The first kappa shape index (κ1) is 15.0. The Hall–Kier alpha value is -0.420. The number of hydrogen-bond donors (Lipinski definition) is 1. The van der Waals surface area contributed by atoms with E-state index in [2.05, 4.69) is 64.1 Å². The summed E-state index contributed by atoms with van der Waals surface area (Å²) in [6.07, 6.45) is 2.47. The maximum atomic E-state index is 6.01. The molecule has 1 fully saturated rings. The highest BCUT2D eigenvalue weighted by Crippen LogP contribution is 2.26. The van der Waals surface area contributed by atoms with Crippen LogP contribution < -0.4 is 5.73 Å². The summed E-state index contributed by atoms with van der Waals surface area (Å²) in [4.78, 5) is 4.87. The quantitative estimate of drug-likeness (QED) is 0.923. The Balaban J connectivity index is 2.06. The number of likely N-dealkylation sites (N-methyl/N-ethyl adjacent to an activating group) is 1. The van der Waals surface area contributed by atoms with E-state index in [1.54, 1.807) is 0 Å². The van der Waals surface area contributed by atoms with Gasteiger partial charge in [-0.15, -0.1) is 0 Å². The summed E-state index contributed by atoms with van der Waals surface area (Å²) < 4.78 is 1.12. The van der Waals surface area contributed by atoms with Crippen molar-refractivity contribution in [3.63, 3.8) is 0 Å². The van der Waals surface area contributed by atoms with E-state index in [4.69, 9.17) is 5.73 Å². The van der Waals surface area contributed by atoms with E-state index in [1.165, 1.54) is 31.5 Å². The number of halogens is 1. The molecule has 106 valence electrons. The molecule has 1 saturated heterocycles. The molecule has 0 amide bonds. The molecule has 4 heteroatoms. The van der Waals surface area contributed by atoms with Crippen molar-refractivity contribution in [2.75, 3.05) is 33.7 Å². The number of likely N-dealkylation sites (tertiary alicyclic amines) is 1. The van der Waals surface area contributed by atoms with Crippen LogP contribution in [-0.4, -0.2) is 49.6 Å². The lowest BCUT2D eigenvalue weighted by molar-refractivity contribution is 0.109. The second-order valence-corrected chi connectivity index (χ2v) is 6.42. The third kappa shape index (κ3) is 3.78. The topological polar surface area (TPSA) is 32.5 Å². The standard InChI is InChI=1S/C15H24BrN3/c1-18-9-7-14(8-10-18)19(2)15(11-17)12-3-5-13(16)6-4-12/h3-6,14-15H,7-11,17H2,1-2H3. The van der Waals surface area contributed by atoms with Gasteiger partial charge < -0.3 is 10.6 Å². The third-order valence-corrected chi connectivity index (χ3v) is 4.76. The van der Waals surface area contributed by atoms with Crippen molar-refractivity contribution in [3.05, 3.63) is 34.3 Å². The molecule has 2 N–H and O–H groups in total. The summed E-state index contributed by atoms with van der Waals surface area (Å²) >= 11 is 3.49. The van der Waals surface area contributed by atoms with Crippen LogP contribution >= 0.6 is 15.9 Å². The highest BCUT2D eigenvalue weighted by atomic mass is 79.9. The Kier molecular flexibility index (Phi) is 5.39. The Morgan fingerprint density at radius 1 is 1.32 bits per heavy atom. The second kappa shape index (κ2) is 6.84. The van der Waals surface area contributed by atoms with Crippen molar-refractivity contribution >= 4 is 15.9 Å². The molecule has 1 aliphatic heterocycles. The van der Waals surface area contributed by atoms with E-state index >= 15 is 0 Å². The van der Waals surface area contributed by atoms with Crippen LogP contribution in [0.15, 0.2) is 28.7 Å². The molecule has 1 aromatic rings. The summed E-state index contributed by atoms with van der Waals surface area (Å²) in [6, 6.07) is 9.51. The van der Waals surface area contributed by atoms with Crippen LogP contribution in [0.4, 0.5) is 0 Å². The lowest BCUT2D eigenvalue weighted by Crippen LogP contribution is -2.45. The van der Waals surface area contributed by atoms with Gasteiger partial charge in [0.05, 0.1) is 0 Å². The normalized spacial score (nSPS) is 19.8. The second-order valence-electron chi connectivity index (χ2n) is 5.50. The molecule has 1 unspecified atom stereocenters. The molecule has 19 heavy (non-hydrogen) atoms. The van der Waals surface area contributed by atoms with Gasteiger partial charge in [-0.1, -0.05) is 28.1 Å². The highest BCUT2D eigenvalue weighted by Gasteiger charge is 2.26. The van der Waals surface area contributed by atoms with Crippen LogP contribution in [0.1, 0.15) is 24.4 Å². The highest BCUT2D eigenvalue weighted by molar-refractivity contribution is 9.10. The zero-order valence-electron chi connectivity index (χ0n) is 11.8. The average Bonchev–Trinajstić information content (AvgIpc) is 2.42. The van der Waals surface area contributed by atoms with Gasteiger partial charge >= 0.3 is 0 Å². The third-order valence-electron chi connectivity index (χ3n) is 4.23. The van der Waals surface area contributed by atoms with Crippen molar-refractivity contribution in [1.29, 1.82) is 0 Å². The fraction of sp³-hybridized carbons (Fsp3) is 0.600. The number of benzene rings is 1. The van der Waals surface area contributed by atoms with Crippen LogP contribution in [-0.2, 0) is 0 Å². The van der Waals surface area contributed by atoms with Crippen molar-refractivity contribution in [2.24, 2.45) is 5.73 Å². The van der Waals surface area contributed by atoms with Crippen LogP contribution in [0, 0.1) is 0 Å². The van der Waals surface area contributed by atoms with Crippen LogP contribution in [0.3, 0.4) is 0 Å². The van der Waals surface area contributed by atoms with E-state index in [0.717, 1.165) is 4.47 Å². The number of hydrogen-bond acceptors (Lipinski definition) is 3. The van der Waals surface area contributed by atoms with Crippen molar-refractivity contribution in [3.8, 4) is 0 Å². The van der Waals surface area contributed by atoms with Gasteiger partial charge in [-0.25, -0.2) is 0 Å². The van der Waals surface area contributed by atoms with E-state index in [9.17, 15) is 0 Å². The molecule has 0 aromatic heterocycles. The molecule has 0 bridgehead atoms. The Bertz CT molecular complexity index is 385. The van der Waals surface area contributed by atoms with Gasteiger partial charge in [0.25, 0.3) is 0 Å². The van der Waals surface area contributed by atoms with E-state index in [1.807, 2.05) is 0 Å². The zero-order chi connectivity index (χ0) is 13.8. The van der Waals surface area contributed by atoms with Gasteiger partial charge in [0.2, 0.25) is 0 Å². The van der Waals surface area contributed by atoms with Crippen molar-refractivity contribution in [2.45, 2.75) is 24.9 Å². The minimum atomic E-state index is 0.321. The molecule has 0 saturated carbocycles. The monoisotopic (exact) mass is 325 g/mol. The average molecular weight is 326 g/mol. The van der Waals surface area contributed by atoms with Crippen molar-refractivity contribution in [1.82, 2.24) is 9.80 Å². The first-order chi connectivity index (χ1) is 9.11. The summed E-state index contributed by atoms with van der Waals surface area (Å²) in [5.74, 6) is 0. The molecular formula is C15H24BrN3.